The fourth-order valence-corrected chi connectivity index (χ4v) is 5.08. The molecule has 2 amide bonds. The topological polar surface area (TPSA) is 61.9 Å². The molecule has 3 saturated heterocycles. The first-order valence-electron chi connectivity index (χ1n) is 10.0. The fraction of sp³-hybridized carbons (Fsp3) is 0.895. The van der Waals surface area contributed by atoms with Crippen molar-refractivity contribution in [2.75, 3.05) is 39.3 Å². The van der Waals surface area contributed by atoms with Gasteiger partial charge in [0.05, 0.1) is 6.54 Å². The minimum absolute atomic E-state index is 0.158. The van der Waals surface area contributed by atoms with Gasteiger partial charge in [0.25, 0.3) is 0 Å². The Morgan fingerprint density at radius 2 is 1.88 bits per heavy atom. The van der Waals surface area contributed by atoms with Crippen LogP contribution in [0.15, 0.2) is 0 Å². The number of rotatable bonds is 5. The second-order valence-electron chi connectivity index (χ2n) is 8.45. The number of carbonyl (C=O) groups excluding carboxylic acids is 2. The van der Waals surface area contributed by atoms with Gasteiger partial charge in [-0.25, -0.2) is 4.79 Å². The molecule has 6 nitrogen and oxygen atoms in total. The van der Waals surface area contributed by atoms with Gasteiger partial charge in [0.2, 0.25) is 5.91 Å². The van der Waals surface area contributed by atoms with Crippen LogP contribution in [0.4, 0.5) is 4.79 Å². The summed E-state index contributed by atoms with van der Waals surface area (Å²) in [6.07, 6.45) is 3.59. The third-order valence-electron chi connectivity index (χ3n) is 7.04. The molecule has 25 heavy (non-hydrogen) atoms. The van der Waals surface area contributed by atoms with Gasteiger partial charge in [-0.15, -0.1) is 0 Å². The van der Waals surface area contributed by atoms with Gasteiger partial charge in [-0.2, -0.15) is 0 Å². The summed E-state index contributed by atoms with van der Waals surface area (Å²) in [5.74, 6) is 2.29. The molecule has 1 aliphatic carbocycles. The second kappa shape index (κ2) is 6.45. The lowest BCUT2D eigenvalue weighted by Gasteiger charge is -2.37. The molecule has 4 rings (SSSR count). The van der Waals surface area contributed by atoms with E-state index in [1.165, 1.54) is 0 Å². The Morgan fingerprint density at radius 3 is 2.48 bits per heavy atom. The minimum Gasteiger partial charge on any atom is -0.441 e. The molecule has 0 aromatic rings. The molecule has 0 aromatic heterocycles. The molecule has 1 saturated carbocycles. The van der Waals surface area contributed by atoms with E-state index in [9.17, 15) is 9.59 Å². The van der Waals surface area contributed by atoms with E-state index in [1.807, 2.05) is 9.80 Å². The highest BCUT2D eigenvalue weighted by Crippen LogP contribution is 2.50. The third-order valence-corrected chi connectivity index (χ3v) is 7.04. The first-order valence-corrected chi connectivity index (χ1v) is 10.0. The van der Waals surface area contributed by atoms with Gasteiger partial charge in [0.15, 0.2) is 0 Å². The predicted octanol–water partition coefficient (Wildman–Crippen LogP) is 1.70. The zero-order valence-electron chi connectivity index (χ0n) is 15.5. The smallest absolute Gasteiger partial charge is 0.410 e. The largest absolute Gasteiger partial charge is 0.441 e. The van der Waals surface area contributed by atoms with E-state index in [1.54, 1.807) is 0 Å². The number of hydrogen-bond donors (Lipinski definition) is 1. The maximum Gasteiger partial charge on any atom is 0.410 e. The first kappa shape index (κ1) is 17.1. The molecule has 1 N–H and O–H groups in total. The fourth-order valence-electron chi connectivity index (χ4n) is 5.08. The summed E-state index contributed by atoms with van der Waals surface area (Å²) >= 11 is 0. The Labute approximate surface area is 150 Å². The molecule has 1 spiro atoms. The van der Waals surface area contributed by atoms with E-state index in [-0.39, 0.29) is 17.6 Å². The summed E-state index contributed by atoms with van der Waals surface area (Å²) in [6.45, 7) is 9.32. The van der Waals surface area contributed by atoms with E-state index in [0.29, 0.717) is 30.2 Å². The Balaban J connectivity index is 1.31. The monoisotopic (exact) mass is 349 g/mol. The Kier molecular flexibility index (Phi) is 4.42. The number of hydrogen-bond acceptors (Lipinski definition) is 4. The Bertz CT molecular complexity index is 530. The van der Waals surface area contributed by atoms with Crippen LogP contribution in [0.3, 0.4) is 0 Å². The van der Waals surface area contributed by atoms with Crippen molar-refractivity contribution in [2.45, 2.75) is 45.1 Å². The van der Waals surface area contributed by atoms with E-state index < -0.39 is 0 Å². The van der Waals surface area contributed by atoms with Crippen molar-refractivity contribution < 1.29 is 14.3 Å². The van der Waals surface area contributed by atoms with Crippen molar-refractivity contribution >= 4 is 12.0 Å². The average molecular weight is 349 g/mol. The molecule has 3 atom stereocenters. The van der Waals surface area contributed by atoms with Gasteiger partial charge in [0.1, 0.15) is 5.60 Å². The number of fused-ring (bicyclic) bond motifs is 1. The predicted molar refractivity (Wildman–Crippen MR) is 94.0 cm³/mol. The van der Waals surface area contributed by atoms with Crippen LogP contribution in [0.5, 0.6) is 0 Å². The molecule has 1 unspecified atom stereocenters. The standard InChI is InChI=1S/C19H31N3O3/c1-3-13(4-2)11-22-12-19(25-18(22)24)5-7-21(8-6-19)17(23)16-14-9-20-10-15(14)16/h13-16,20H,3-12H2,1-2H3/t14-,15+,16?. The van der Waals surface area contributed by atoms with Crippen molar-refractivity contribution in [3.8, 4) is 0 Å². The van der Waals surface area contributed by atoms with E-state index in [4.69, 9.17) is 4.74 Å². The minimum atomic E-state index is -0.360. The Hall–Kier alpha value is -1.30. The van der Waals surface area contributed by atoms with Crippen LogP contribution in [0.2, 0.25) is 0 Å². The van der Waals surface area contributed by atoms with Crippen LogP contribution in [-0.4, -0.2) is 66.7 Å². The highest BCUT2D eigenvalue weighted by Gasteiger charge is 2.58. The summed E-state index contributed by atoms with van der Waals surface area (Å²) in [5.41, 5.74) is -0.360. The Morgan fingerprint density at radius 1 is 1.24 bits per heavy atom. The molecule has 0 radical (unpaired) electrons. The van der Waals surface area contributed by atoms with Crippen molar-refractivity contribution in [3.63, 3.8) is 0 Å². The van der Waals surface area contributed by atoms with Crippen molar-refractivity contribution in [3.05, 3.63) is 0 Å². The number of carbonyl (C=O) groups is 2. The van der Waals surface area contributed by atoms with E-state index >= 15 is 0 Å². The van der Waals surface area contributed by atoms with E-state index in [0.717, 1.165) is 58.4 Å². The van der Waals surface area contributed by atoms with E-state index in [2.05, 4.69) is 19.2 Å². The molecular formula is C19H31N3O3. The van der Waals surface area contributed by atoms with Crippen LogP contribution in [-0.2, 0) is 9.53 Å². The molecule has 3 aliphatic heterocycles. The summed E-state index contributed by atoms with van der Waals surface area (Å²) < 4.78 is 5.81. The van der Waals surface area contributed by atoms with Gasteiger partial charge in [-0.3, -0.25) is 4.79 Å². The highest BCUT2D eigenvalue weighted by molar-refractivity contribution is 5.83. The van der Waals surface area contributed by atoms with Gasteiger partial charge >= 0.3 is 6.09 Å². The molecule has 4 aliphatic rings. The third kappa shape index (κ3) is 3.03. The average Bonchev–Trinajstić information content (AvgIpc) is 2.94. The first-order chi connectivity index (χ1) is 12.1. The second-order valence-corrected chi connectivity index (χ2v) is 8.45. The van der Waals surface area contributed by atoms with Crippen LogP contribution >= 0.6 is 0 Å². The van der Waals surface area contributed by atoms with Crippen LogP contribution in [0.25, 0.3) is 0 Å². The number of likely N-dealkylation sites (tertiary alicyclic amines) is 1. The number of nitrogens with zero attached hydrogens (tertiary/aromatic N) is 2. The van der Waals surface area contributed by atoms with Crippen molar-refractivity contribution in [1.82, 2.24) is 15.1 Å². The molecule has 140 valence electrons. The summed E-state index contributed by atoms with van der Waals surface area (Å²) in [6, 6.07) is 0. The number of amides is 2. The molecular weight excluding hydrogens is 318 g/mol. The zero-order chi connectivity index (χ0) is 17.6. The molecule has 4 fully saturated rings. The van der Waals surface area contributed by atoms with Crippen LogP contribution in [0.1, 0.15) is 39.5 Å². The van der Waals surface area contributed by atoms with Crippen LogP contribution in [0, 0.1) is 23.7 Å². The van der Waals surface area contributed by atoms with Gasteiger partial charge in [-0.05, 0) is 30.8 Å². The molecule has 3 heterocycles. The maximum absolute atomic E-state index is 12.7. The lowest BCUT2D eigenvalue weighted by Crippen LogP contribution is -2.49. The van der Waals surface area contributed by atoms with Crippen molar-refractivity contribution in [2.24, 2.45) is 23.7 Å². The molecule has 0 aromatic carbocycles. The van der Waals surface area contributed by atoms with Crippen molar-refractivity contribution in [1.29, 1.82) is 0 Å². The maximum atomic E-state index is 12.7. The number of ether oxygens (including phenoxy) is 1. The molecule has 0 bridgehead atoms. The number of piperidine rings is 2. The van der Waals surface area contributed by atoms with Gasteiger partial charge < -0.3 is 19.9 Å². The van der Waals surface area contributed by atoms with Gasteiger partial charge in [0, 0.05) is 38.4 Å². The summed E-state index contributed by atoms with van der Waals surface area (Å²) in [4.78, 5) is 28.9. The summed E-state index contributed by atoms with van der Waals surface area (Å²) in [7, 11) is 0. The highest BCUT2D eigenvalue weighted by atomic mass is 16.6. The lowest BCUT2D eigenvalue weighted by molar-refractivity contribution is -0.136. The lowest BCUT2D eigenvalue weighted by atomic mass is 9.90. The van der Waals surface area contributed by atoms with Crippen LogP contribution < -0.4 is 5.32 Å². The zero-order valence-corrected chi connectivity index (χ0v) is 15.5. The number of nitrogens with one attached hydrogen (secondary N) is 1. The normalized spacial score (nSPS) is 33.1. The SMILES string of the molecule is CCC(CC)CN1CC2(CCN(C(=O)C3[C@H]4CNC[C@@H]34)CC2)OC1=O. The quantitative estimate of drug-likeness (QED) is 0.821. The van der Waals surface area contributed by atoms with Gasteiger partial charge in [-0.1, -0.05) is 26.7 Å². The summed E-state index contributed by atoms with van der Waals surface area (Å²) in [5, 5.41) is 3.35. The molecule has 6 heteroatoms.